The molecule has 1 aromatic rings. The Labute approximate surface area is 133 Å². The van der Waals surface area contributed by atoms with Crippen LogP contribution in [0.15, 0.2) is 29.2 Å². The zero-order chi connectivity index (χ0) is 16.6. The van der Waals surface area contributed by atoms with Gasteiger partial charge in [-0.3, -0.25) is 4.79 Å². The lowest BCUT2D eigenvalue weighted by Crippen LogP contribution is -2.37. The molecule has 0 heterocycles. The van der Waals surface area contributed by atoms with Crippen molar-refractivity contribution in [1.82, 2.24) is 10.0 Å². The van der Waals surface area contributed by atoms with Gasteiger partial charge in [-0.1, -0.05) is 45.7 Å². The maximum Gasteiger partial charge on any atom is 0.241 e. The Hall–Kier alpha value is -1.40. The first-order valence-corrected chi connectivity index (χ1v) is 9.21. The van der Waals surface area contributed by atoms with E-state index in [2.05, 4.69) is 17.0 Å². The molecule has 1 aromatic carbocycles. The minimum absolute atomic E-state index is 0.177. The SMILES string of the molecule is CCCCCNC(=O)CNS(=O)(=O)c1ccc(C(C)C)cc1. The Balaban J connectivity index is 2.51. The van der Waals surface area contributed by atoms with Gasteiger partial charge in [0.05, 0.1) is 11.4 Å². The van der Waals surface area contributed by atoms with Crippen molar-refractivity contribution in [3.05, 3.63) is 29.8 Å². The van der Waals surface area contributed by atoms with Crippen molar-refractivity contribution in [1.29, 1.82) is 0 Å². The van der Waals surface area contributed by atoms with Gasteiger partial charge in [0.1, 0.15) is 0 Å². The third kappa shape index (κ3) is 6.15. The van der Waals surface area contributed by atoms with Crippen LogP contribution in [0.5, 0.6) is 0 Å². The molecule has 0 bridgehead atoms. The lowest BCUT2D eigenvalue weighted by molar-refractivity contribution is -0.119. The van der Waals surface area contributed by atoms with E-state index in [0.717, 1.165) is 24.8 Å². The van der Waals surface area contributed by atoms with Crippen molar-refractivity contribution in [2.45, 2.75) is 50.8 Å². The van der Waals surface area contributed by atoms with Gasteiger partial charge in [-0.2, -0.15) is 0 Å². The Morgan fingerprint density at radius 2 is 1.77 bits per heavy atom. The molecule has 124 valence electrons. The van der Waals surface area contributed by atoms with Crippen molar-refractivity contribution >= 4 is 15.9 Å². The molecule has 0 fully saturated rings. The van der Waals surface area contributed by atoms with Crippen LogP contribution in [0.1, 0.15) is 51.5 Å². The largest absolute Gasteiger partial charge is 0.355 e. The normalized spacial score (nSPS) is 11.6. The van der Waals surface area contributed by atoms with Gasteiger partial charge in [0.25, 0.3) is 0 Å². The first-order valence-electron chi connectivity index (χ1n) is 7.73. The molecule has 0 aliphatic heterocycles. The monoisotopic (exact) mass is 326 g/mol. The average Bonchev–Trinajstić information content (AvgIpc) is 2.50. The van der Waals surface area contributed by atoms with Crippen LogP contribution >= 0.6 is 0 Å². The highest BCUT2D eigenvalue weighted by atomic mass is 32.2. The van der Waals surface area contributed by atoms with E-state index in [0.29, 0.717) is 12.5 Å². The number of hydrogen-bond donors (Lipinski definition) is 2. The van der Waals surface area contributed by atoms with Crippen LogP contribution < -0.4 is 10.0 Å². The van der Waals surface area contributed by atoms with Gasteiger partial charge in [0.2, 0.25) is 15.9 Å². The van der Waals surface area contributed by atoms with Crippen LogP contribution in [-0.2, 0) is 14.8 Å². The van der Waals surface area contributed by atoms with Crippen molar-refractivity contribution in [2.24, 2.45) is 0 Å². The first kappa shape index (κ1) is 18.6. The molecule has 6 heteroatoms. The second-order valence-corrected chi connectivity index (χ2v) is 7.37. The van der Waals surface area contributed by atoms with Gasteiger partial charge < -0.3 is 5.32 Å². The summed E-state index contributed by atoms with van der Waals surface area (Å²) < 4.78 is 26.5. The molecule has 0 saturated carbocycles. The van der Waals surface area contributed by atoms with Crippen LogP contribution in [0.3, 0.4) is 0 Å². The standard InChI is InChI=1S/C16H26N2O3S/c1-4-5-6-11-17-16(19)12-18-22(20,21)15-9-7-14(8-10-15)13(2)3/h7-10,13,18H,4-6,11-12H2,1-3H3,(H,17,19). The van der Waals surface area contributed by atoms with Gasteiger partial charge in [-0.05, 0) is 30.0 Å². The maximum atomic E-state index is 12.1. The fraction of sp³-hybridized carbons (Fsp3) is 0.562. The van der Waals surface area contributed by atoms with E-state index < -0.39 is 10.0 Å². The lowest BCUT2D eigenvalue weighted by atomic mass is 10.0. The molecular weight excluding hydrogens is 300 g/mol. The third-order valence-corrected chi connectivity index (χ3v) is 4.80. The topological polar surface area (TPSA) is 75.3 Å². The van der Waals surface area contributed by atoms with E-state index in [9.17, 15) is 13.2 Å². The van der Waals surface area contributed by atoms with Gasteiger partial charge in [0, 0.05) is 6.54 Å². The molecule has 0 atom stereocenters. The summed E-state index contributed by atoms with van der Waals surface area (Å²) >= 11 is 0. The zero-order valence-corrected chi connectivity index (χ0v) is 14.4. The molecule has 0 unspecified atom stereocenters. The minimum atomic E-state index is -3.64. The Bertz CT molecular complexity index is 566. The number of unbranched alkanes of at least 4 members (excludes halogenated alkanes) is 2. The number of rotatable bonds is 9. The van der Waals surface area contributed by atoms with Crippen molar-refractivity contribution in [3.63, 3.8) is 0 Å². The average molecular weight is 326 g/mol. The van der Waals surface area contributed by atoms with E-state index in [-0.39, 0.29) is 17.3 Å². The van der Waals surface area contributed by atoms with E-state index in [1.807, 2.05) is 13.8 Å². The van der Waals surface area contributed by atoms with Gasteiger partial charge in [-0.15, -0.1) is 0 Å². The van der Waals surface area contributed by atoms with E-state index in [1.165, 1.54) is 0 Å². The van der Waals surface area contributed by atoms with E-state index in [1.54, 1.807) is 24.3 Å². The predicted octanol–water partition coefficient (Wildman–Crippen LogP) is 2.39. The fourth-order valence-electron chi connectivity index (χ4n) is 1.94. The first-order chi connectivity index (χ1) is 10.4. The lowest BCUT2D eigenvalue weighted by Gasteiger charge is -2.09. The van der Waals surface area contributed by atoms with Crippen molar-refractivity contribution < 1.29 is 13.2 Å². The van der Waals surface area contributed by atoms with Crippen LogP contribution in [0, 0.1) is 0 Å². The molecule has 0 aliphatic carbocycles. The Morgan fingerprint density at radius 1 is 1.14 bits per heavy atom. The number of sulfonamides is 1. The highest BCUT2D eigenvalue weighted by Gasteiger charge is 2.15. The molecule has 0 saturated heterocycles. The molecule has 2 N–H and O–H groups in total. The van der Waals surface area contributed by atoms with Crippen molar-refractivity contribution in [3.8, 4) is 0 Å². The zero-order valence-electron chi connectivity index (χ0n) is 13.6. The Kier molecular flexibility index (Phi) is 7.55. The highest BCUT2D eigenvalue weighted by Crippen LogP contribution is 2.17. The number of nitrogens with one attached hydrogen (secondary N) is 2. The van der Waals surface area contributed by atoms with Crippen LogP contribution in [0.2, 0.25) is 0 Å². The fourth-order valence-corrected chi connectivity index (χ4v) is 2.92. The summed E-state index contributed by atoms with van der Waals surface area (Å²) in [6, 6.07) is 6.72. The number of hydrogen-bond acceptors (Lipinski definition) is 3. The molecule has 22 heavy (non-hydrogen) atoms. The van der Waals surface area contributed by atoms with E-state index >= 15 is 0 Å². The number of carbonyl (C=O) groups is 1. The number of amides is 1. The minimum Gasteiger partial charge on any atom is -0.355 e. The summed E-state index contributed by atoms with van der Waals surface area (Å²) in [5.41, 5.74) is 1.08. The summed E-state index contributed by atoms with van der Waals surface area (Å²) in [6.45, 7) is 6.52. The molecule has 1 amide bonds. The summed E-state index contributed by atoms with van der Waals surface area (Å²) in [6.07, 6.45) is 3.04. The Morgan fingerprint density at radius 3 is 2.32 bits per heavy atom. The van der Waals surface area contributed by atoms with Gasteiger partial charge in [-0.25, -0.2) is 13.1 Å². The molecule has 0 spiro atoms. The highest BCUT2D eigenvalue weighted by molar-refractivity contribution is 7.89. The summed E-state index contributed by atoms with van der Waals surface area (Å²) in [7, 11) is -3.64. The molecule has 0 aromatic heterocycles. The second-order valence-electron chi connectivity index (χ2n) is 5.61. The maximum absolute atomic E-state index is 12.1. The predicted molar refractivity (Wildman–Crippen MR) is 88.3 cm³/mol. The van der Waals surface area contributed by atoms with Crippen molar-refractivity contribution in [2.75, 3.05) is 13.1 Å². The quantitative estimate of drug-likeness (QED) is 0.684. The summed E-state index contributed by atoms with van der Waals surface area (Å²) in [5, 5.41) is 2.70. The molecule has 0 aliphatic rings. The third-order valence-electron chi connectivity index (χ3n) is 3.38. The molecular formula is C16H26N2O3S. The van der Waals surface area contributed by atoms with E-state index in [4.69, 9.17) is 0 Å². The van der Waals surface area contributed by atoms with Crippen LogP contribution in [0.4, 0.5) is 0 Å². The number of carbonyl (C=O) groups excluding carboxylic acids is 1. The van der Waals surface area contributed by atoms with Crippen LogP contribution in [-0.4, -0.2) is 27.4 Å². The molecule has 1 rings (SSSR count). The number of benzene rings is 1. The smallest absolute Gasteiger partial charge is 0.241 e. The van der Waals surface area contributed by atoms with Crippen LogP contribution in [0.25, 0.3) is 0 Å². The molecule has 0 radical (unpaired) electrons. The second kappa shape index (κ2) is 8.90. The van der Waals surface area contributed by atoms with Gasteiger partial charge >= 0.3 is 0 Å². The molecule has 5 nitrogen and oxygen atoms in total. The summed E-state index contributed by atoms with van der Waals surface area (Å²) in [5.74, 6) is 0.0390. The van der Waals surface area contributed by atoms with Gasteiger partial charge in [0.15, 0.2) is 0 Å². The summed E-state index contributed by atoms with van der Waals surface area (Å²) in [4.78, 5) is 11.8.